The van der Waals surface area contributed by atoms with Crippen LogP contribution in [0, 0.1) is 6.92 Å². The summed E-state index contributed by atoms with van der Waals surface area (Å²) in [4.78, 5) is 22.7. The summed E-state index contributed by atoms with van der Waals surface area (Å²) in [7, 11) is 0. The van der Waals surface area contributed by atoms with Crippen molar-refractivity contribution in [1.82, 2.24) is 5.32 Å². The summed E-state index contributed by atoms with van der Waals surface area (Å²) in [5.41, 5.74) is 2.04. The number of carbonyl (C=O) groups is 2. The van der Waals surface area contributed by atoms with E-state index in [1.807, 2.05) is 20.8 Å². The van der Waals surface area contributed by atoms with Crippen molar-refractivity contribution >= 4 is 18.0 Å². The summed E-state index contributed by atoms with van der Waals surface area (Å²) >= 11 is 0. The molecule has 1 aromatic carbocycles. The number of carboxylic acid groups (broad SMARTS) is 1. The first kappa shape index (κ1) is 16.9. The highest BCUT2D eigenvalue weighted by Gasteiger charge is 2.12. The Bertz CT molecular complexity index is 537. The van der Waals surface area contributed by atoms with E-state index in [9.17, 15) is 9.59 Å². The average Bonchev–Trinajstić information content (AvgIpc) is 2.43. The third-order valence-electron chi connectivity index (χ3n) is 2.87. The van der Waals surface area contributed by atoms with Gasteiger partial charge in [-0.05, 0) is 44.0 Å². The number of carboxylic acids is 1. The van der Waals surface area contributed by atoms with Gasteiger partial charge in [-0.3, -0.25) is 4.79 Å². The molecule has 0 aliphatic heterocycles. The van der Waals surface area contributed by atoms with Crippen LogP contribution < -0.4 is 5.32 Å². The minimum Gasteiger partial charge on any atom is -0.478 e. The fourth-order valence-corrected chi connectivity index (χ4v) is 1.79. The third-order valence-corrected chi connectivity index (χ3v) is 2.87. The van der Waals surface area contributed by atoms with E-state index in [1.54, 1.807) is 18.2 Å². The molecule has 0 bridgehead atoms. The van der Waals surface area contributed by atoms with Crippen LogP contribution in [0.15, 0.2) is 24.3 Å². The maximum atomic E-state index is 12.2. The Morgan fingerprint density at radius 1 is 1.43 bits per heavy atom. The number of hydrogen-bond acceptors (Lipinski definition) is 3. The van der Waals surface area contributed by atoms with Gasteiger partial charge in [0.05, 0.1) is 6.61 Å². The molecule has 1 aromatic rings. The normalized spacial score (nSPS) is 12.3. The van der Waals surface area contributed by atoms with Crippen LogP contribution in [0.5, 0.6) is 0 Å². The summed E-state index contributed by atoms with van der Waals surface area (Å²) in [5, 5.41) is 11.5. The molecular formula is C16H21NO4. The van der Waals surface area contributed by atoms with Gasteiger partial charge in [0.1, 0.15) is 0 Å². The van der Waals surface area contributed by atoms with E-state index in [1.165, 1.54) is 6.08 Å². The summed E-state index contributed by atoms with van der Waals surface area (Å²) in [6.07, 6.45) is 2.51. The zero-order valence-corrected chi connectivity index (χ0v) is 12.6. The fourth-order valence-electron chi connectivity index (χ4n) is 1.79. The minimum absolute atomic E-state index is 0.0879. The molecule has 5 heteroatoms. The molecule has 5 nitrogen and oxygen atoms in total. The molecule has 0 heterocycles. The topological polar surface area (TPSA) is 75.6 Å². The number of amides is 1. The minimum atomic E-state index is -1.02. The molecule has 1 amide bonds. The Labute approximate surface area is 124 Å². The molecule has 21 heavy (non-hydrogen) atoms. The molecule has 0 saturated carbocycles. The highest BCUT2D eigenvalue weighted by atomic mass is 16.5. The third kappa shape index (κ3) is 5.79. The van der Waals surface area contributed by atoms with E-state index in [-0.39, 0.29) is 11.9 Å². The standard InChI is InChI=1S/C16H21NO4/c1-4-21-10-12(3)17-16(20)14-9-13(6-5-11(14)2)7-8-15(18)19/h5-9,12H,4,10H2,1-3H3,(H,17,20)(H,18,19). The fraction of sp³-hybridized carbons (Fsp3) is 0.375. The van der Waals surface area contributed by atoms with E-state index in [2.05, 4.69) is 5.32 Å². The SMILES string of the molecule is CCOCC(C)NC(=O)c1cc(C=CC(=O)O)ccc1C. The first-order chi connectivity index (χ1) is 9.93. The Morgan fingerprint density at radius 2 is 2.14 bits per heavy atom. The monoisotopic (exact) mass is 291 g/mol. The number of rotatable bonds is 7. The lowest BCUT2D eigenvalue weighted by molar-refractivity contribution is -0.131. The van der Waals surface area contributed by atoms with Gasteiger partial charge in [0.2, 0.25) is 0 Å². The van der Waals surface area contributed by atoms with Gasteiger partial charge in [-0.1, -0.05) is 12.1 Å². The van der Waals surface area contributed by atoms with Gasteiger partial charge in [0.15, 0.2) is 0 Å². The van der Waals surface area contributed by atoms with Crippen LogP contribution in [0.3, 0.4) is 0 Å². The van der Waals surface area contributed by atoms with Crippen molar-refractivity contribution in [2.75, 3.05) is 13.2 Å². The molecular weight excluding hydrogens is 270 g/mol. The molecule has 0 saturated heterocycles. The van der Waals surface area contributed by atoms with E-state index in [0.717, 1.165) is 11.6 Å². The van der Waals surface area contributed by atoms with Crippen LogP contribution in [0.1, 0.15) is 35.3 Å². The molecule has 0 aromatic heterocycles. The van der Waals surface area contributed by atoms with Crippen molar-refractivity contribution in [2.45, 2.75) is 26.8 Å². The van der Waals surface area contributed by atoms with Crippen molar-refractivity contribution in [3.05, 3.63) is 41.0 Å². The number of aliphatic carboxylic acids is 1. The first-order valence-electron chi connectivity index (χ1n) is 6.84. The molecule has 0 spiro atoms. The zero-order valence-electron chi connectivity index (χ0n) is 12.6. The molecule has 0 aliphatic carbocycles. The molecule has 1 unspecified atom stereocenters. The lowest BCUT2D eigenvalue weighted by Gasteiger charge is -2.15. The van der Waals surface area contributed by atoms with Gasteiger partial charge in [0.25, 0.3) is 5.91 Å². The second-order valence-corrected chi connectivity index (χ2v) is 4.78. The summed E-state index contributed by atoms with van der Waals surface area (Å²) in [6.45, 7) is 6.68. The Hall–Kier alpha value is -2.14. The second-order valence-electron chi connectivity index (χ2n) is 4.78. The molecule has 2 N–H and O–H groups in total. The lowest BCUT2D eigenvalue weighted by atomic mass is 10.0. The van der Waals surface area contributed by atoms with Gasteiger partial charge in [0, 0.05) is 24.3 Å². The predicted molar refractivity (Wildman–Crippen MR) is 81.3 cm³/mol. The maximum absolute atomic E-state index is 12.2. The van der Waals surface area contributed by atoms with Crippen LogP contribution in [0.4, 0.5) is 0 Å². The zero-order chi connectivity index (χ0) is 15.8. The largest absolute Gasteiger partial charge is 0.478 e. The number of hydrogen-bond donors (Lipinski definition) is 2. The van der Waals surface area contributed by atoms with E-state index < -0.39 is 5.97 Å². The Balaban J connectivity index is 2.83. The summed E-state index contributed by atoms with van der Waals surface area (Å²) in [5.74, 6) is -1.21. The number of benzene rings is 1. The van der Waals surface area contributed by atoms with Crippen LogP contribution >= 0.6 is 0 Å². The number of ether oxygens (including phenoxy) is 1. The van der Waals surface area contributed by atoms with Crippen molar-refractivity contribution in [2.24, 2.45) is 0 Å². The predicted octanol–water partition coefficient (Wildman–Crippen LogP) is 2.25. The Kier molecular flexibility index (Phi) is 6.62. The number of carbonyl (C=O) groups excluding carboxylic acids is 1. The van der Waals surface area contributed by atoms with Crippen LogP contribution in [-0.4, -0.2) is 36.2 Å². The molecule has 0 radical (unpaired) electrons. The summed E-state index contributed by atoms with van der Waals surface area (Å²) < 4.78 is 5.26. The van der Waals surface area contributed by atoms with Gasteiger partial charge >= 0.3 is 5.97 Å². The number of aryl methyl sites for hydroxylation is 1. The van der Waals surface area contributed by atoms with Crippen LogP contribution in [-0.2, 0) is 9.53 Å². The first-order valence-corrected chi connectivity index (χ1v) is 6.84. The average molecular weight is 291 g/mol. The highest BCUT2D eigenvalue weighted by Crippen LogP contribution is 2.13. The highest BCUT2D eigenvalue weighted by molar-refractivity contribution is 5.96. The number of nitrogens with one attached hydrogen (secondary N) is 1. The van der Waals surface area contributed by atoms with Gasteiger partial charge < -0.3 is 15.2 Å². The second kappa shape index (κ2) is 8.21. The molecule has 1 rings (SSSR count). The molecule has 0 aliphatic rings. The van der Waals surface area contributed by atoms with E-state index >= 15 is 0 Å². The maximum Gasteiger partial charge on any atom is 0.328 e. The van der Waals surface area contributed by atoms with Gasteiger partial charge in [-0.15, -0.1) is 0 Å². The van der Waals surface area contributed by atoms with Crippen LogP contribution in [0.25, 0.3) is 6.08 Å². The molecule has 0 fully saturated rings. The van der Waals surface area contributed by atoms with Crippen molar-refractivity contribution in [1.29, 1.82) is 0 Å². The molecule has 1 atom stereocenters. The quantitative estimate of drug-likeness (QED) is 0.755. The van der Waals surface area contributed by atoms with E-state index in [4.69, 9.17) is 9.84 Å². The van der Waals surface area contributed by atoms with Gasteiger partial charge in [-0.2, -0.15) is 0 Å². The van der Waals surface area contributed by atoms with Crippen molar-refractivity contribution < 1.29 is 19.4 Å². The Morgan fingerprint density at radius 3 is 2.76 bits per heavy atom. The van der Waals surface area contributed by atoms with Crippen molar-refractivity contribution in [3.63, 3.8) is 0 Å². The molecule has 114 valence electrons. The van der Waals surface area contributed by atoms with Crippen LogP contribution in [0.2, 0.25) is 0 Å². The lowest BCUT2D eigenvalue weighted by Crippen LogP contribution is -2.36. The van der Waals surface area contributed by atoms with Gasteiger partial charge in [-0.25, -0.2) is 4.79 Å². The van der Waals surface area contributed by atoms with Crippen molar-refractivity contribution in [3.8, 4) is 0 Å². The van der Waals surface area contributed by atoms with E-state index in [0.29, 0.717) is 24.3 Å². The summed E-state index contributed by atoms with van der Waals surface area (Å²) in [6, 6.07) is 5.16. The smallest absolute Gasteiger partial charge is 0.328 e.